The molecule has 21 heavy (non-hydrogen) atoms. The third kappa shape index (κ3) is 6.01. The van der Waals surface area contributed by atoms with Crippen molar-refractivity contribution < 1.29 is 14.3 Å². The van der Waals surface area contributed by atoms with Gasteiger partial charge < -0.3 is 25.4 Å². The molecule has 0 aliphatic carbocycles. The lowest BCUT2D eigenvalue weighted by molar-refractivity contribution is -0.116. The van der Waals surface area contributed by atoms with Gasteiger partial charge in [-0.2, -0.15) is 0 Å². The molecule has 1 amide bonds. The SMILES string of the molecule is CCN(CCOC)CCC(=O)Nc1ccc(N)cc1OC. The van der Waals surface area contributed by atoms with Crippen molar-refractivity contribution >= 4 is 17.3 Å². The maximum absolute atomic E-state index is 12.0. The van der Waals surface area contributed by atoms with Crippen LogP contribution in [0.3, 0.4) is 0 Å². The lowest BCUT2D eigenvalue weighted by Gasteiger charge is -2.19. The number of nitrogens with two attached hydrogens (primary N) is 1. The van der Waals surface area contributed by atoms with Crippen molar-refractivity contribution in [1.82, 2.24) is 4.90 Å². The van der Waals surface area contributed by atoms with E-state index in [-0.39, 0.29) is 5.91 Å². The number of methoxy groups -OCH3 is 2. The van der Waals surface area contributed by atoms with Gasteiger partial charge in [0.1, 0.15) is 5.75 Å². The van der Waals surface area contributed by atoms with Crippen LogP contribution in [0.1, 0.15) is 13.3 Å². The smallest absolute Gasteiger partial charge is 0.225 e. The van der Waals surface area contributed by atoms with Crippen LogP contribution in [0, 0.1) is 0 Å². The molecule has 0 aliphatic heterocycles. The third-order valence-electron chi connectivity index (χ3n) is 3.21. The molecular formula is C15H25N3O3. The second-order valence-corrected chi connectivity index (χ2v) is 4.68. The Morgan fingerprint density at radius 1 is 1.33 bits per heavy atom. The first-order valence-corrected chi connectivity index (χ1v) is 7.05. The van der Waals surface area contributed by atoms with E-state index in [0.29, 0.717) is 36.7 Å². The van der Waals surface area contributed by atoms with Gasteiger partial charge in [0.15, 0.2) is 0 Å². The van der Waals surface area contributed by atoms with E-state index in [9.17, 15) is 4.79 Å². The fourth-order valence-corrected chi connectivity index (χ4v) is 1.93. The second-order valence-electron chi connectivity index (χ2n) is 4.68. The lowest BCUT2D eigenvalue weighted by Crippen LogP contribution is -2.30. The van der Waals surface area contributed by atoms with Crippen LogP contribution in [0.5, 0.6) is 5.75 Å². The number of nitrogens with one attached hydrogen (secondary N) is 1. The van der Waals surface area contributed by atoms with Crippen LogP contribution >= 0.6 is 0 Å². The topological polar surface area (TPSA) is 76.8 Å². The summed E-state index contributed by atoms with van der Waals surface area (Å²) in [7, 11) is 3.22. The zero-order chi connectivity index (χ0) is 15.7. The molecule has 0 saturated heterocycles. The first-order chi connectivity index (χ1) is 10.1. The van der Waals surface area contributed by atoms with Crippen molar-refractivity contribution in [3.63, 3.8) is 0 Å². The summed E-state index contributed by atoms with van der Waals surface area (Å²) in [4.78, 5) is 14.2. The summed E-state index contributed by atoms with van der Waals surface area (Å²) in [5.74, 6) is 0.518. The Hall–Kier alpha value is -1.79. The first-order valence-electron chi connectivity index (χ1n) is 7.05. The molecule has 0 bridgehead atoms. The van der Waals surface area contributed by atoms with Gasteiger partial charge >= 0.3 is 0 Å². The highest BCUT2D eigenvalue weighted by atomic mass is 16.5. The van der Waals surface area contributed by atoms with Crippen molar-refractivity contribution in [2.24, 2.45) is 0 Å². The zero-order valence-electron chi connectivity index (χ0n) is 13.0. The van der Waals surface area contributed by atoms with E-state index in [1.165, 1.54) is 0 Å². The predicted molar refractivity (Wildman–Crippen MR) is 84.6 cm³/mol. The number of carbonyl (C=O) groups excluding carboxylic acids is 1. The molecule has 0 heterocycles. The van der Waals surface area contributed by atoms with Crippen LogP contribution in [-0.2, 0) is 9.53 Å². The summed E-state index contributed by atoms with van der Waals surface area (Å²) in [6.45, 7) is 5.15. The summed E-state index contributed by atoms with van der Waals surface area (Å²) in [6.07, 6.45) is 0.422. The Kier molecular flexibility index (Phi) is 7.56. The van der Waals surface area contributed by atoms with E-state index in [2.05, 4.69) is 17.1 Å². The van der Waals surface area contributed by atoms with Gasteiger partial charge in [0.25, 0.3) is 0 Å². The van der Waals surface area contributed by atoms with Crippen LogP contribution < -0.4 is 15.8 Å². The van der Waals surface area contributed by atoms with Crippen molar-refractivity contribution in [2.45, 2.75) is 13.3 Å². The van der Waals surface area contributed by atoms with Crippen LogP contribution in [0.4, 0.5) is 11.4 Å². The summed E-state index contributed by atoms with van der Waals surface area (Å²) >= 11 is 0. The van der Waals surface area contributed by atoms with E-state index >= 15 is 0 Å². The Balaban J connectivity index is 2.50. The monoisotopic (exact) mass is 295 g/mol. The minimum Gasteiger partial charge on any atom is -0.494 e. The number of nitrogen functional groups attached to an aromatic ring is 1. The Morgan fingerprint density at radius 2 is 2.10 bits per heavy atom. The van der Waals surface area contributed by atoms with Gasteiger partial charge in [0, 0.05) is 38.4 Å². The molecule has 0 atom stereocenters. The Labute approximate surface area is 126 Å². The highest BCUT2D eigenvalue weighted by Crippen LogP contribution is 2.26. The molecule has 118 valence electrons. The van der Waals surface area contributed by atoms with E-state index < -0.39 is 0 Å². The average Bonchev–Trinajstić information content (AvgIpc) is 2.49. The standard InChI is InChI=1S/C15H25N3O3/c1-4-18(9-10-20-2)8-7-15(19)17-13-6-5-12(16)11-14(13)21-3/h5-6,11H,4,7-10,16H2,1-3H3,(H,17,19). The number of likely N-dealkylation sites (N-methyl/N-ethyl adjacent to an activating group) is 1. The summed E-state index contributed by atoms with van der Waals surface area (Å²) in [5, 5.41) is 2.85. The van der Waals surface area contributed by atoms with Gasteiger partial charge in [0.05, 0.1) is 19.4 Å². The van der Waals surface area contributed by atoms with E-state index in [4.69, 9.17) is 15.2 Å². The van der Waals surface area contributed by atoms with Crippen molar-refractivity contribution in [3.8, 4) is 5.75 Å². The Morgan fingerprint density at radius 3 is 2.71 bits per heavy atom. The molecule has 6 nitrogen and oxygen atoms in total. The highest BCUT2D eigenvalue weighted by Gasteiger charge is 2.10. The lowest BCUT2D eigenvalue weighted by atomic mass is 10.2. The van der Waals surface area contributed by atoms with Crippen LogP contribution in [-0.4, -0.2) is 51.3 Å². The number of carbonyl (C=O) groups is 1. The second kappa shape index (κ2) is 9.20. The van der Waals surface area contributed by atoms with Crippen LogP contribution in [0.15, 0.2) is 18.2 Å². The summed E-state index contributed by atoms with van der Waals surface area (Å²) < 4.78 is 10.3. The number of anilines is 2. The molecule has 1 aromatic carbocycles. The fourth-order valence-electron chi connectivity index (χ4n) is 1.93. The number of rotatable bonds is 9. The van der Waals surface area contributed by atoms with Gasteiger partial charge in [-0.05, 0) is 18.7 Å². The number of amides is 1. The first kappa shape index (κ1) is 17.3. The third-order valence-corrected chi connectivity index (χ3v) is 3.21. The number of hydrogen-bond donors (Lipinski definition) is 2. The molecular weight excluding hydrogens is 270 g/mol. The highest BCUT2D eigenvalue weighted by molar-refractivity contribution is 5.92. The minimum atomic E-state index is -0.0473. The van der Waals surface area contributed by atoms with E-state index in [0.717, 1.165) is 13.1 Å². The van der Waals surface area contributed by atoms with Crippen molar-refractivity contribution in [1.29, 1.82) is 0 Å². The quantitative estimate of drug-likeness (QED) is 0.676. The van der Waals surface area contributed by atoms with Gasteiger partial charge in [-0.25, -0.2) is 0 Å². The molecule has 0 saturated carbocycles. The molecule has 0 radical (unpaired) electrons. The Bertz CT molecular complexity index is 452. The van der Waals surface area contributed by atoms with Crippen molar-refractivity contribution in [2.75, 3.05) is 51.5 Å². The van der Waals surface area contributed by atoms with E-state index in [1.54, 1.807) is 32.4 Å². The summed E-state index contributed by atoms with van der Waals surface area (Å²) in [6, 6.07) is 5.16. The molecule has 3 N–H and O–H groups in total. The largest absolute Gasteiger partial charge is 0.494 e. The molecule has 6 heteroatoms. The molecule has 0 aliphatic rings. The number of nitrogens with zero attached hydrogens (tertiary/aromatic N) is 1. The van der Waals surface area contributed by atoms with Crippen molar-refractivity contribution in [3.05, 3.63) is 18.2 Å². The molecule has 1 aromatic rings. The van der Waals surface area contributed by atoms with Gasteiger partial charge in [0.2, 0.25) is 5.91 Å². The average molecular weight is 295 g/mol. The fraction of sp³-hybridized carbons (Fsp3) is 0.533. The number of benzene rings is 1. The van der Waals surface area contributed by atoms with Gasteiger partial charge in [-0.15, -0.1) is 0 Å². The van der Waals surface area contributed by atoms with Crippen LogP contribution in [0.25, 0.3) is 0 Å². The summed E-state index contributed by atoms with van der Waals surface area (Å²) in [5.41, 5.74) is 6.92. The number of hydrogen-bond acceptors (Lipinski definition) is 5. The normalized spacial score (nSPS) is 10.7. The van der Waals surface area contributed by atoms with Crippen LogP contribution in [0.2, 0.25) is 0 Å². The maximum atomic E-state index is 12.0. The number of ether oxygens (including phenoxy) is 2. The molecule has 0 unspecified atom stereocenters. The molecule has 0 spiro atoms. The molecule has 0 aromatic heterocycles. The van der Waals surface area contributed by atoms with E-state index in [1.807, 2.05) is 0 Å². The molecule has 0 fully saturated rings. The van der Waals surface area contributed by atoms with Gasteiger partial charge in [-0.3, -0.25) is 4.79 Å². The van der Waals surface area contributed by atoms with Gasteiger partial charge in [-0.1, -0.05) is 6.92 Å². The molecule has 1 rings (SSSR count). The predicted octanol–water partition coefficient (Wildman–Crippen LogP) is 1.57. The maximum Gasteiger partial charge on any atom is 0.225 e. The zero-order valence-corrected chi connectivity index (χ0v) is 13.0. The minimum absolute atomic E-state index is 0.0473.